The Kier molecular flexibility index (Phi) is 2.53. The molecule has 1 aromatic rings. The van der Waals surface area contributed by atoms with Crippen LogP contribution in [0.2, 0.25) is 0 Å². The Labute approximate surface area is 63.8 Å². The molecule has 2 N–H and O–H groups in total. The Morgan fingerprint density at radius 3 is 3.10 bits per heavy atom. The lowest BCUT2D eigenvalue weighted by molar-refractivity contribution is 0.490. The molecular formula is C6H8N2OS. The van der Waals surface area contributed by atoms with Crippen molar-refractivity contribution in [2.45, 2.75) is 4.90 Å². The Morgan fingerprint density at radius 2 is 2.50 bits per heavy atom. The van der Waals surface area contributed by atoms with Gasteiger partial charge in [-0.25, -0.2) is 0 Å². The summed E-state index contributed by atoms with van der Waals surface area (Å²) in [6.07, 6.45) is 3.32. The maximum atomic E-state index is 5.57. The second kappa shape index (κ2) is 3.43. The van der Waals surface area contributed by atoms with E-state index in [9.17, 15) is 0 Å². The summed E-state index contributed by atoms with van der Waals surface area (Å²) >= 11 is 1.21. The highest BCUT2D eigenvalue weighted by molar-refractivity contribution is 7.94. The number of pyridine rings is 1. The van der Waals surface area contributed by atoms with Crippen molar-refractivity contribution < 1.29 is 4.18 Å². The van der Waals surface area contributed by atoms with Gasteiger partial charge in [-0.15, -0.1) is 0 Å². The van der Waals surface area contributed by atoms with E-state index in [1.807, 2.05) is 0 Å². The molecule has 0 aromatic carbocycles. The second-order valence-electron chi connectivity index (χ2n) is 1.66. The summed E-state index contributed by atoms with van der Waals surface area (Å²) in [7, 11) is 1.59. The SMILES string of the molecule is COSc1cnccc1N. The van der Waals surface area contributed by atoms with Crippen LogP contribution in [-0.2, 0) is 4.18 Å². The van der Waals surface area contributed by atoms with Gasteiger partial charge in [0.15, 0.2) is 0 Å². The molecule has 10 heavy (non-hydrogen) atoms. The first-order chi connectivity index (χ1) is 4.84. The van der Waals surface area contributed by atoms with Crippen LogP contribution in [-0.4, -0.2) is 12.1 Å². The third-order valence-electron chi connectivity index (χ3n) is 0.990. The molecule has 0 aliphatic rings. The van der Waals surface area contributed by atoms with Crippen molar-refractivity contribution in [1.82, 2.24) is 4.98 Å². The standard InChI is InChI=1S/C6H8N2OS/c1-9-10-6-4-8-3-2-5(6)7/h2-4H,1H3,(H2,7,8). The van der Waals surface area contributed by atoms with Gasteiger partial charge in [0.25, 0.3) is 0 Å². The summed E-state index contributed by atoms with van der Waals surface area (Å²) in [5.74, 6) is 0. The largest absolute Gasteiger partial charge is 0.398 e. The summed E-state index contributed by atoms with van der Waals surface area (Å²) in [6, 6.07) is 1.74. The molecule has 0 spiro atoms. The molecule has 0 saturated carbocycles. The number of rotatable bonds is 2. The number of nitrogens with two attached hydrogens (primary N) is 1. The molecule has 4 heteroatoms. The van der Waals surface area contributed by atoms with E-state index in [2.05, 4.69) is 4.98 Å². The molecule has 0 radical (unpaired) electrons. The molecule has 0 atom stereocenters. The monoisotopic (exact) mass is 156 g/mol. The van der Waals surface area contributed by atoms with E-state index in [0.29, 0.717) is 5.69 Å². The van der Waals surface area contributed by atoms with Crippen molar-refractivity contribution in [3.63, 3.8) is 0 Å². The zero-order chi connectivity index (χ0) is 7.40. The van der Waals surface area contributed by atoms with Crippen LogP contribution in [0.5, 0.6) is 0 Å². The van der Waals surface area contributed by atoms with Crippen molar-refractivity contribution in [1.29, 1.82) is 0 Å². The molecule has 54 valence electrons. The Morgan fingerprint density at radius 1 is 1.70 bits per heavy atom. The van der Waals surface area contributed by atoms with Gasteiger partial charge in [0.2, 0.25) is 0 Å². The average Bonchev–Trinajstić information content (AvgIpc) is 1.94. The van der Waals surface area contributed by atoms with E-state index in [0.717, 1.165) is 4.90 Å². The Bertz CT molecular complexity index is 217. The summed E-state index contributed by atoms with van der Waals surface area (Å²) in [4.78, 5) is 4.74. The molecule has 0 bridgehead atoms. The first-order valence-electron chi connectivity index (χ1n) is 2.74. The number of aromatic nitrogens is 1. The van der Waals surface area contributed by atoms with Gasteiger partial charge in [-0.3, -0.25) is 4.98 Å². The van der Waals surface area contributed by atoms with Gasteiger partial charge >= 0.3 is 0 Å². The van der Waals surface area contributed by atoms with Gasteiger partial charge in [-0.1, -0.05) is 0 Å². The molecule has 1 aromatic heterocycles. The molecule has 0 aliphatic carbocycles. The van der Waals surface area contributed by atoms with Crippen molar-refractivity contribution in [3.8, 4) is 0 Å². The Balaban J connectivity index is 2.81. The normalized spacial score (nSPS) is 9.70. The highest BCUT2D eigenvalue weighted by Gasteiger charge is 1.96. The third kappa shape index (κ3) is 1.62. The third-order valence-corrected chi connectivity index (χ3v) is 1.68. The van der Waals surface area contributed by atoms with Crippen molar-refractivity contribution >= 4 is 17.7 Å². The molecule has 0 saturated heterocycles. The van der Waals surface area contributed by atoms with Crippen LogP contribution in [0.25, 0.3) is 0 Å². The smallest absolute Gasteiger partial charge is 0.0765 e. The van der Waals surface area contributed by atoms with Crippen LogP contribution in [0.1, 0.15) is 0 Å². The number of nitrogens with zero attached hydrogens (tertiary/aromatic N) is 1. The van der Waals surface area contributed by atoms with E-state index in [4.69, 9.17) is 9.92 Å². The quantitative estimate of drug-likeness (QED) is 0.656. The number of hydrogen-bond acceptors (Lipinski definition) is 4. The second-order valence-corrected chi connectivity index (χ2v) is 2.60. The van der Waals surface area contributed by atoms with E-state index in [-0.39, 0.29) is 0 Å². The van der Waals surface area contributed by atoms with Gasteiger partial charge in [-0.05, 0) is 6.07 Å². The van der Waals surface area contributed by atoms with Crippen LogP contribution in [0.15, 0.2) is 23.4 Å². The molecular weight excluding hydrogens is 148 g/mol. The van der Waals surface area contributed by atoms with Gasteiger partial charge in [-0.2, -0.15) is 0 Å². The number of nitrogen functional groups attached to an aromatic ring is 1. The van der Waals surface area contributed by atoms with Crippen LogP contribution in [0, 0.1) is 0 Å². The van der Waals surface area contributed by atoms with E-state index < -0.39 is 0 Å². The number of anilines is 1. The minimum Gasteiger partial charge on any atom is -0.398 e. The number of hydrogen-bond donors (Lipinski definition) is 1. The predicted molar refractivity (Wildman–Crippen MR) is 41.5 cm³/mol. The van der Waals surface area contributed by atoms with Crippen LogP contribution < -0.4 is 5.73 Å². The van der Waals surface area contributed by atoms with Gasteiger partial charge in [0, 0.05) is 24.4 Å². The van der Waals surface area contributed by atoms with Gasteiger partial charge in [0.1, 0.15) is 0 Å². The molecule has 0 unspecified atom stereocenters. The highest BCUT2D eigenvalue weighted by Crippen LogP contribution is 2.22. The maximum Gasteiger partial charge on any atom is 0.0765 e. The van der Waals surface area contributed by atoms with Crippen molar-refractivity contribution in [2.75, 3.05) is 12.8 Å². The van der Waals surface area contributed by atoms with Crippen molar-refractivity contribution in [2.24, 2.45) is 0 Å². The summed E-state index contributed by atoms with van der Waals surface area (Å²) in [6.45, 7) is 0. The molecule has 0 fully saturated rings. The lowest BCUT2D eigenvalue weighted by Gasteiger charge is -1.99. The van der Waals surface area contributed by atoms with Crippen LogP contribution in [0.3, 0.4) is 0 Å². The van der Waals surface area contributed by atoms with Gasteiger partial charge in [0.05, 0.1) is 17.7 Å². The molecule has 1 heterocycles. The fourth-order valence-corrected chi connectivity index (χ4v) is 0.998. The molecule has 0 amide bonds. The fourth-order valence-electron chi connectivity index (χ4n) is 0.550. The van der Waals surface area contributed by atoms with Gasteiger partial charge < -0.3 is 9.92 Å². The molecule has 3 nitrogen and oxygen atoms in total. The summed E-state index contributed by atoms with van der Waals surface area (Å²) in [5, 5.41) is 0. The minimum atomic E-state index is 0.696. The predicted octanol–water partition coefficient (Wildman–Crippen LogP) is 1.32. The Hall–Kier alpha value is -0.740. The highest BCUT2D eigenvalue weighted by atomic mass is 32.2. The average molecular weight is 156 g/mol. The first kappa shape index (κ1) is 7.37. The van der Waals surface area contributed by atoms with E-state index >= 15 is 0 Å². The maximum absolute atomic E-state index is 5.57. The van der Waals surface area contributed by atoms with Crippen LogP contribution in [0.4, 0.5) is 5.69 Å². The summed E-state index contributed by atoms with van der Waals surface area (Å²) < 4.78 is 4.81. The minimum absolute atomic E-state index is 0.696. The zero-order valence-electron chi connectivity index (χ0n) is 5.57. The topological polar surface area (TPSA) is 48.1 Å². The zero-order valence-corrected chi connectivity index (χ0v) is 6.39. The molecule has 0 aliphatic heterocycles. The lowest BCUT2D eigenvalue weighted by atomic mass is 10.4. The van der Waals surface area contributed by atoms with Crippen LogP contribution >= 0.6 is 12.0 Å². The molecule has 1 rings (SSSR count). The van der Waals surface area contributed by atoms with E-state index in [1.165, 1.54) is 12.0 Å². The van der Waals surface area contributed by atoms with E-state index in [1.54, 1.807) is 25.6 Å². The summed E-state index contributed by atoms with van der Waals surface area (Å²) in [5.41, 5.74) is 6.26. The first-order valence-corrected chi connectivity index (χ1v) is 3.49. The van der Waals surface area contributed by atoms with Crippen molar-refractivity contribution in [3.05, 3.63) is 18.5 Å². The lowest BCUT2D eigenvalue weighted by Crippen LogP contribution is -1.88. The fraction of sp³-hybridized carbons (Fsp3) is 0.167.